The minimum absolute atomic E-state index is 0. The molecular weight excluding hydrogens is 402 g/mol. The lowest BCUT2D eigenvalue weighted by Crippen LogP contribution is -2.49. The largest absolute Gasteiger partial charge is 0.494 e. The van der Waals surface area contributed by atoms with Gasteiger partial charge >= 0.3 is 0 Å². The molecule has 1 fully saturated rings. The molecule has 2 aromatic rings. The lowest BCUT2D eigenvalue weighted by atomic mass is 10.1. The molecule has 3 rings (SSSR count). The van der Waals surface area contributed by atoms with Gasteiger partial charge in [0.05, 0.1) is 13.2 Å². The van der Waals surface area contributed by atoms with E-state index in [0.717, 1.165) is 11.1 Å². The SMILES string of the molecule is COc1cc([C@@H](C)NCC2CN(Cc3ccc(F)cc3)C(=O)CO2)ccc1F.Cl. The summed E-state index contributed by atoms with van der Waals surface area (Å²) in [6.45, 7) is 3.39. The normalized spacial score (nSPS) is 17.6. The number of hydrogen-bond acceptors (Lipinski definition) is 4. The first kappa shape index (κ1) is 23.1. The van der Waals surface area contributed by atoms with Crippen LogP contribution in [0.3, 0.4) is 0 Å². The van der Waals surface area contributed by atoms with Gasteiger partial charge in [-0.2, -0.15) is 0 Å². The van der Waals surface area contributed by atoms with Crippen LogP contribution in [0.5, 0.6) is 5.75 Å². The number of hydrogen-bond donors (Lipinski definition) is 1. The second kappa shape index (κ2) is 10.5. The third kappa shape index (κ3) is 6.13. The first-order valence-electron chi connectivity index (χ1n) is 9.17. The number of benzene rings is 2. The van der Waals surface area contributed by atoms with Gasteiger partial charge in [-0.25, -0.2) is 8.78 Å². The average molecular weight is 427 g/mol. The van der Waals surface area contributed by atoms with Crippen LogP contribution in [0.4, 0.5) is 8.78 Å². The second-order valence-corrected chi connectivity index (χ2v) is 6.86. The van der Waals surface area contributed by atoms with Crippen LogP contribution in [-0.4, -0.2) is 43.7 Å². The first-order valence-corrected chi connectivity index (χ1v) is 9.17. The summed E-state index contributed by atoms with van der Waals surface area (Å²) in [4.78, 5) is 13.8. The predicted molar refractivity (Wildman–Crippen MR) is 108 cm³/mol. The first-order chi connectivity index (χ1) is 13.5. The molecule has 1 heterocycles. The molecule has 29 heavy (non-hydrogen) atoms. The number of nitrogens with one attached hydrogen (secondary N) is 1. The Balaban J connectivity index is 0.00000300. The van der Waals surface area contributed by atoms with E-state index < -0.39 is 5.82 Å². The molecule has 1 amide bonds. The fraction of sp³-hybridized carbons (Fsp3) is 0.381. The Morgan fingerprint density at radius 1 is 1.24 bits per heavy atom. The maximum absolute atomic E-state index is 13.6. The van der Waals surface area contributed by atoms with Gasteiger partial charge in [0.25, 0.3) is 0 Å². The van der Waals surface area contributed by atoms with Crippen molar-refractivity contribution in [3.8, 4) is 5.75 Å². The zero-order valence-electron chi connectivity index (χ0n) is 16.4. The van der Waals surface area contributed by atoms with E-state index in [0.29, 0.717) is 19.6 Å². The summed E-state index contributed by atoms with van der Waals surface area (Å²) in [5.41, 5.74) is 1.77. The monoisotopic (exact) mass is 426 g/mol. The van der Waals surface area contributed by atoms with Crippen molar-refractivity contribution in [1.82, 2.24) is 10.2 Å². The maximum Gasteiger partial charge on any atom is 0.248 e. The van der Waals surface area contributed by atoms with E-state index in [1.165, 1.54) is 25.3 Å². The summed E-state index contributed by atoms with van der Waals surface area (Å²) >= 11 is 0. The molecular formula is C21H25ClF2N2O3. The molecule has 5 nitrogen and oxygen atoms in total. The van der Waals surface area contributed by atoms with Gasteiger partial charge in [-0.15, -0.1) is 12.4 Å². The number of amides is 1. The van der Waals surface area contributed by atoms with E-state index in [9.17, 15) is 13.6 Å². The molecule has 1 aliphatic heterocycles. The number of carbonyl (C=O) groups excluding carboxylic acids is 1. The molecule has 0 radical (unpaired) electrons. The lowest BCUT2D eigenvalue weighted by Gasteiger charge is -2.33. The standard InChI is InChI=1S/C21H24F2N2O3.ClH/c1-14(16-5-8-19(23)20(9-16)27-2)24-10-18-12-25(21(26)13-28-18)11-15-3-6-17(22)7-4-15;/h3-9,14,18,24H,10-13H2,1-2H3;1H/t14-,18?;/m1./s1. The van der Waals surface area contributed by atoms with Crippen LogP contribution in [-0.2, 0) is 16.1 Å². The fourth-order valence-electron chi connectivity index (χ4n) is 3.14. The second-order valence-electron chi connectivity index (χ2n) is 6.86. The number of morpholine rings is 1. The van der Waals surface area contributed by atoms with Crippen molar-refractivity contribution >= 4 is 18.3 Å². The molecule has 0 aliphatic carbocycles. The van der Waals surface area contributed by atoms with Crippen molar-refractivity contribution in [2.45, 2.75) is 25.6 Å². The summed E-state index contributed by atoms with van der Waals surface area (Å²) in [7, 11) is 1.43. The molecule has 0 bridgehead atoms. The third-order valence-electron chi connectivity index (χ3n) is 4.83. The fourth-order valence-corrected chi connectivity index (χ4v) is 3.14. The average Bonchev–Trinajstić information content (AvgIpc) is 2.70. The van der Waals surface area contributed by atoms with Gasteiger partial charge in [-0.3, -0.25) is 4.79 Å². The summed E-state index contributed by atoms with van der Waals surface area (Å²) < 4.78 is 37.3. The summed E-state index contributed by atoms with van der Waals surface area (Å²) in [6.07, 6.45) is -0.164. The van der Waals surface area contributed by atoms with Gasteiger partial charge in [0.1, 0.15) is 12.4 Å². The predicted octanol–water partition coefficient (Wildman–Crippen LogP) is 3.47. The lowest BCUT2D eigenvalue weighted by molar-refractivity contribution is -0.149. The van der Waals surface area contributed by atoms with E-state index >= 15 is 0 Å². The van der Waals surface area contributed by atoms with Gasteiger partial charge in [0.15, 0.2) is 11.6 Å². The van der Waals surface area contributed by atoms with Crippen molar-refractivity contribution in [1.29, 1.82) is 0 Å². The zero-order chi connectivity index (χ0) is 20.1. The van der Waals surface area contributed by atoms with Crippen molar-refractivity contribution in [3.63, 3.8) is 0 Å². The number of halogens is 3. The molecule has 158 valence electrons. The minimum atomic E-state index is -0.399. The Morgan fingerprint density at radius 2 is 1.97 bits per heavy atom. The molecule has 0 saturated carbocycles. The van der Waals surface area contributed by atoms with Crippen LogP contribution >= 0.6 is 12.4 Å². The van der Waals surface area contributed by atoms with E-state index in [-0.39, 0.29) is 48.6 Å². The molecule has 8 heteroatoms. The molecule has 2 atom stereocenters. The highest BCUT2D eigenvalue weighted by atomic mass is 35.5. The van der Waals surface area contributed by atoms with Crippen molar-refractivity contribution in [2.24, 2.45) is 0 Å². The van der Waals surface area contributed by atoms with Gasteiger partial charge in [-0.1, -0.05) is 18.2 Å². The smallest absolute Gasteiger partial charge is 0.248 e. The van der Waals surface area contributed by atoms with Crippen LogP contribution in [0, 0.1) is 11.6 Å². The van der Waals surface area contributed by atoms with Crippen LogP contribution in [0.1, 0.15) is 24.1 Å². The summed E-state index contributed by atoms with van der Waals surface area (Å²) in [5.74, 6) is -0.581. The number of nitrogens with zero attached hydrogens (tertiary/aromatic N) is 1. The van der Waals surface area contributed by atoms with E-state index in [2.05, 4.69) is 5.32 Å². The molecule has 0 spiro atoms. The minimum Gasteiger partial charge on any atom is -0.494 e. The maximum atomic E-state index is 13.6. The Bertz CT molecular complexity index is 820. The quantitative estimate of drug-likeness (QED) is 0.736. The molecule has 1 unspecified atom stereocenters. The summed E-state index contributed by atoms with van der Waals surface area (Å²) in [5, 5.41) is 3.36. The number of rotatable bonds is 7. The number of methoxy groups -OCH3 is 1. The van der Waals surface area contributed by atoms with Gasteiger partial charge < -0.3 is 19.7 Å². The molecule has 1 N–H and O–H groups in total. The van der Waals surface area contributed by atoms with Crippen LogP contribution in [0.25, 0.3) is 0 Å². The third-order valence-corrected chi connectivity index (χ3v) is 4.83. The summed E-state index contributed by atoms with van der Waals surface area (Å²) in [6, 6.07) is 10.8. The van der Waals surface area contributed by atoms with E-state index in [1.54, 1.807) is 29.2 Å². The van der Waals surface area contributed by atoms with Crippen LogP contribution < -0.4 is 10.1 Å². The Hall–Kier alpha value is -2.22. The molecule has 2 aromatic carbocycles. The highest BCUT2D eigenvalue weighted by Gasteiger charge is 2.26. The Labute approximate surface area is 175 Å². The molecule has 1 saturated heterocycles. The molecule has 1 aliphatic rings. The topological polar surface area (TPSA) is 50.8 Å². The van der Waals surface area contributed by atoms with Crippen LogP contribution in [0.15, 0.2) is 42.5 Å². The van der Waals surface area contributed by atoms with E-state index in [1.807, 2.05) is 6.92 Å². The van der Waals surface area contributed by atoms with Crippen LogP contribution in [0.2, 0.25) is 0 Å². The Kier molecular flexibility index (Phi) is 8.37. The molecule has 0 aromatic heterocycles. The van der Waals surface area contributed by atoms with Gasteiger partial charge in [0.2, 0.25) is 5.91 Å². The van der Waals surface area contributed by atoms with Crippen molar-refractivity contribution < 1.29 is 23.0 Å². The van der Waals surface area contributed by atoms with Crippen molar-refractivity contribution in [2.75, 3.05) is 26.8 Å². The number of ether oxygens (including phenoxy) is 2. The van der Waals surface area contributed by atoms with Crippen molar-refractivity contribution in [3.05, 3.63) is 65.2 Å². The van der Waals surface area contributed by atoms with E-state index in [4.69, 9.17) is 9.47 Å². The highest BCUT2D eigenvalue weighted by molar-refractivity contribution is 5.85. The van der Waals surface area contributed by atoms with Gasteiger partial charge in [-0.05, 0) is 42.3 Å². The number of carbonyl (C=O) groups is 1. The van der Waals surface area contributed by atoms with Gasteiger partial charge in [0, 0.05) is 25.7 Å². The highest BCUT2D eigenvalue weighted by Crippen LogP contribution is 2.22. The zero-order valence-corrected chi connectivity index (χ0v) is 17.2. The Morgan fingerprint density at radius 3 is 2.66 bits per heavy atom.